The summed E-state index contributed by atoms with van der Waals surface area (Å²) in [5.74, 6) is 3.54. The maximum Gasteiger partial charge on any atom is 0.147 e. The summed E-state index contributed by atoms with van der Waals surface area (Å²) in [5.41, 5.74) is 0. The molecule has 0 aromatic rings. The summed E-state index contributed by atoms with van der Waals surface area (Å²) in [6.45, 7) is 6.68. The first-order valence-corrected chi connectivity index (χ1v) is 9.58. The molecule has 1 heterocycles. The molecule has 1 fully saturated rings. The SMILES string of the molecule is CCCCC(CC)CC(=O)C1SCCSC1CC. The lowest BCUT2D eigenvalue weighted by molar-refractivity contribution is -0.119. The van der Waals surface area contributed by atoms with E-state index in [2.05, 4.69) is 20.8 Å². The van der Waals surface area contributed by atoms with E-state index in [0.29, 0.717) is 17.0 Å². The summed E-state index contributed by atoms with van der Waals surface area (Å²) >= 11 is 3.92. The van der Waals surface area contributed by atoms with Crippen molar-refractivity contribution in [3.8, 4) is 0 Å². The molecular weight excluding hydrogens is 260 g/mol. The molecule has 3 heteroatoms. The van der Waals surface area contributed by atoms with Crippen LogP contribution in [0.1, 0.15) is 59.3 Å². The Morgan fingerprint density at radius 3 is 2.56 bits per heavy atom. The molecule has 1 saturated heterocycles. The molecule has 3 unspecified atom stereocenters. The van der Waals surface area contributed by atoms with Crippen molar-refractivity contribution in [3.05, 3.63) is 0 Å². The zero-order chi connectivity index (χ0) is 13.4. The smallest absolute Gasteiger partial charge is 0.147 e. The van der Waals surface area contributed by atoms with Crippen molar-refractivity contribution >= 4 is 29.3 Å². The zero-order valence-electron chi connectivity index (χ0n) is 12.1. The van der Waals surface area contributed by atoms with E-state index in [1.54, 1.807) is 0 Å². The van der Waals surface area contributed by atoms with E-state index >= 15 is 0 Å². The lowest BCUT2D eigenvalue weighted by atomic mass is 9.92. The van der Waals surface area contributed by atoms with E-state index in [9.17, 15) is 4.79 Å². The van der Waals surface area contributed by atoms with Gasteiger partial charge in [-0.25, -0.2) is 0 Å². The topological polar surface area (TPSA) is 17.1 Å². The highest BCUT2D eigenvalue weighted by Gasteiger charge is 2.31. The van der Waals surface area contributed by atoms with E-state index in [0.717, 1.165) is 25.0 Å². The molecule has 0 amide bonds. The largest absolute Gasteiger partial charge is 0.298 e. The van der Waals surface area contributed by atoms with Crippen LogP contribution in [0, 0.1) is 5.92 Å². The highest BCUT2D eigenvalue weighted by atomic mass is 32.2. The Bertz CT molecular complexity index is 243. The van der Waals surface area contributed by atoms with Crippen molar-refractivity contribution in [3.63, 3.8) is 0 Å². The van der Waals surface area contributed by atoms with Gasteiger partial charge in [-0.2, -0.15) is 11.8 Å². The Morgan fingerprint density at radius 1 is 1.22 bits per heavy atom. The molecule has 0 saturated carbocycles. The van der Waals surface area contributed by atoms with Crippen LogP contribution in [0.25, 0.3) is 0 Å². The summed E-state index contributed by atoms with van der Waals surface area (Å²) < 4.78 is 0. The average molecular weight is 289 g/mol. The lowest BCUT2D eigenvalue weighted by Gasteiger charge is -2.29. The lowest BCUT2D eigenvalue weighted by Crippen LogP contribution is -2.33. The van der Waals surface area contributed by atoms with Crippen LogP contribution in [0.5, 0.6) is 0 Å². The highest BCUT2D eigenvalue weighted by Crippen LogP contribution is 2.35. The van der Waals surface area contributed by atoms with Gasteiger partial charge in [0.1, 0.15) is 5.78 Å². The summed E-state index contributed by atoms with van der Waals surface area (Å²) in [6, 6.07) is 0. The minimum atomic E-state index is 0.282. The molecule has 0 aromatic heterocycles. The number of hydrogen-bond acceptors (Lipinski definition) is 3. The molecule has 0 aliphatic carbocycles. The molecule has 3 atom stereocenters. The Hall–Kier alpha value is 0.370. The van der Waals surface area contributed by atoms with Crippen LogP contribution in [0.15, 0.2) is 0 Å². The minimum Gasteiger partial charge on any atom is -0.298 e. The monoisotopic (exact) mass is 288 g/mol. The maximum atomic E-state index is 12.5. The number of unbranched alkanes of at least 4 members (excludes halogenated alkanes) is 1. The Morgan fingerprint density at radius 2 is 1.94 bits per heavy atom. The van der Waals surface area contributed by atoms with Gasteiger partial charge in [-0.05, 0) is 12.3 Å². The third-order valence-corrected chi connectivity index (χ3v) is 7.10. The van der Waals surface area contributed by atoms with Crippen molar-refractivity contribution in [1.82, 2.24) is 0 Å². The number of rotatable bonds is 8. The minimum absolute atomic E-state index is 0.282. The highest BCUT2D eigenvalue weighted by molar-refractivity contribution is 8.07. The molecule has 0 spiro atoms. The number of carbonyl (C=O) groups excluding carboxylic acids is 1. The normalized spacial score (nSPS) is 25.9. The molecule has 1 aliphatic heterocycles. The van der Waals surface area contributed by atoms with Gasteiger partial charge in [0.05, 0.1) is 5.25 Å². The number of hydrogen-bond donors (Lipinski definition) is 0. The second kappa shape index (κ2) is 9.30. The standard InChI is InChI=1S/C15H28OS2/c1-4-7-8-12(5-2)11-13(16)15-14(6-3)17-9-10-18-15/h12,14-15H,4-11H2,1-3H3. The van der Waals surface area contributed by atoms with Crippen LogP contribution in [0.4, 0.5) is 0 Å². The van der Waals surface area contributed by atoms with Crippen molar-refractivity contribution in [2.24, 2.45) is 5.92 Å². The fourth-order valence-electron chi connectivity index (χ4n) is 2.55. The van der Waals surface area contributed by atoms with Gasteiger partial charge in [0.15, 0.2) is 0 Å². The van der Waals surface area contributed by atoms with E-state index in [1.807, 2.05) is 23.5 Å². The molecular formula is C15H28OS2. The Balaban J connectivity index is 2.45. The molecule has 1 nitrogen and oxygen atoms in total. The van der Waals surface area contributed by atoms with Crippen molar-refractivity contribution in [2.45, 2.75) is 69.8 Å². The second-order valence-corrected chi connectivity index (χ2v) is 7.79. The van der Waals surface area contributed by atoms with Gasteiger partial charge >= 0.3 is 0 Å². The molecule has 0 N–H and O–H groups in total. The van der Waals surface area contributed by atoms with E-state index in [-0.39, 0.29) is 5.25 Å². The van der Waals surface area contributed by atoms with Crippen LogP contribution >= 0.6 is 23.5 Å². The second-order valence-electron chi connectivity index (χ2n) is 5.20. The Labute approximate surface area is 121 Å². The summed E-state index contributed by atoms with van der Waals surface area (Å²) in [4.78, 5) is 12.5. The van der Waals surface area contributed by atoms with Crippen LogP contribution < -0.4 is 0 Å². The van der Waals surface area contributed by atoms with E-state index in [1.165, 1.54) is 25.0 Å². The third kappa shape index (κ3) is 5.16. The van der Waals surface area contributed by atoms with Gasteiger partial charge in [-0.3, -0.25) is 4.79 Å². The van der Waals surface area contributed by atoms with Gasteiger partial charge in [0.2, 0.25) is 0 Å². The number of thioether (sulfide) groups is 2. The quantitative estimate of drug-likeness (QED) is 0.639. The first kappa shape index (κ1) is 16.4. The summed E-state index contributed by atoms with van der Waals surface area (Å²) in [7, 11) is 0. The van der Waals surface area contributed by atoms with Crippen LogP contribution in [0.3, 0.4) is 0 Å². The predicted octanol–water partition coefficient (Wildman–Crippen LogP) is 4.79. The fourth-order valence-corrected chi connectivity index (χ4v) is 5.59. The number of ketones is 1. The zero-order valence-corrected chi connectivity index (χ0v) is 13.7. The molecule has 18 heavy (non-hydrogen) atoms. The molecule has 0 radical (unpaired) electrons. The molecule has 0 bridgehead atoms. The molecule has 0 aromatic carbocycles. The molecule has 1 rings (SSSR count). The van der Waals surface area contributed by atoms with Crippen LogP contribution in [0.2, 0.25) is 0 Å². The third-order valence-electron chi connectivity index (χ3n) is 3.80. The molecule has 1 aliphatic rings. The first-order valence-electron chi connectivity index (χ1n) is 7.48. The van der Waals surface area contributed by atoms with Gasteiger partial charge in [-0.1, -0.05) is 46.5 Å². The maximum absolute atomic E-state index is 12.5. The summed E-state index contributed by atoms with van der Waals surface area (Å²) in [5, 5.41) is 0.851. The van der Waals surface area contributed by atoms with Crippen LogP contribution in [-0.4, -0.2) is 27.8 Å². The predicted molar refractivity (Wildman–Crippen MR) is 85.7 cm³/mol. The van der Waals surface area contributed by atoms with Gasteiger partial charge in [0, 0.05) is 23.2 Å². The van der Waals surface area contributed by atoms with Crippen LogP contribution in [-0.2, 0) is 4.79 Å². The van der Waals surface area contributed by atoms with Crippen molar-refractivity contribution in [1.29, 1.82) is 0 Å². The first-order chi connectivity index (χ1) is 8.72. The Kier molecular flexibility index (Phi) is 8.49. The number of Topliss-reactive ketones (excluding diaryl/α,β-unsaturated/α-hetero) is 1. The van der Waals surface area contributed by atoms with Gasteiger partial charge in [0.25, 0.3) is 0 Å². The van der Waals surface area contributed by atoms with Crippen molar-refractivity contribution < 1.29 is 4.79 Å². The number of carbonyl (C=O) groups is 1. The van der Waals surface area contributed by atoms with Crippen molar-refractivity contribution in [2.75, 3.05) is 11.5 Å². The summed E-state index contributed by atoms with van der Waals surface area (Å²) in [6.07, 6.45) is 6.88. The molecule has 106 valence electrons. The van der Waals surface area contributed by atoms with E-state index in [4.69, 9.17) is 0 Å². The van der Waals surface area contributed by atoms with E-state index < -0.39 is 0 Å². The fraction of sp³-hybridized carbons (Fsp3) is 0.933. The van der Waals surface area contributed by atoms with Gasteiger partial charge in [-0.15, -0.1) is 11.8 Å². The van der Waals surface area contributed by atoms with Gasteiger partial charge < -0.3 is 0 Å². The average Bonchev–Trinajstić information content (AvgIpc) is 2.43.